The lowest BCUT2D eigenvalue weighted by atomic mass is 10.2. The van der Waals surface area contributed by atoms with Gasteiger partial charge in [0.1, 0.15) is 0 Å². The van der Waals surface area contributed by atoms with Crippen LogP contribution in [0.5, 0.6) is 0 Å². The number of aliphatic hydroxyl groups is 1. The van der Waals surface area contributed by atoms with Crippen LogP contribution in [-0.4, -0.2) is 23.8 Å². The van der Waals surface area contributed by atoms with Crippen molar-refractivity contribution in [1.29, 1.82) is 0 Å². The summed E-state index contributed by atoms with van der Waals surface area (Å²) in [6, 6.07) is 0. The number of carbonyl (C=O) groups is 1. The second kappa shape index (κ2) is 5.13. The van der Waals surface area contributed by atoms with Crippen LogP contribution in [-0.2, 0) is 9.53 Å². The fourth-order valence-corrected chi connectivity index (χ4v) is 0.560. The topological polar surface area (TPSA) is 46.5 Å². The molecule has 3 heteroatoms. The van der Waals surface area contributed by atoms with Crippen molar-refractivity contribution >= 4 is 5.97 Å². The number of ether oxygens (including phenoxy) is 1. The van der Waals surface area contributed by atoms with Crippen molar-refractivity contribution in [3.8, 4) is 0 Å². The highest BCUT2D eigenvalue weighted by Crippen LogP contribution is 1.97. The normalized spacial score (nSPS) is 13.2. The molecule has 0 aliphatic carbocycles. The van der Waals surface area contributed by atoms with Gasteiger partial charge in [0.2, 0.25) is 0 Å². The van der Waals surface area contributed by atoms with E-state index < -0.39 is 6.10 Å². The van der Waals surface area contributed by atoms with Gasteiger partial charge >= 0.3 is 5.97 Å². The number of hydrogen-bond acceptors (Lipinski definition) is 3. The second-order valence-electron chi connectivity index (χ2n) is 3.13. The molecule has 3 nitrogen and oxygen atoms in total. The Hall–Kier alpha value is -0.570. The first kappa shape index (κ1) is 10.4. The number of hydrogen-bond donors (Lipinski definition) is 1. The first-order valence-electron chi connectivity index (χ1n) is 3.86. The molecular formula is C8H16O3. The Bertz CT molecular complexity index is 119. The van der Waals surface area contributed by atoms with Crippen molar-refractivity contribution in [3.05, 3.63) is 0 Å². The van der Waals surface area contributed by atoms with Crippen molar-refractivity contribution in [2.45, 2.75) is 33.3 Å². The van der Waals surface area contributed by atoms with Gasteiger partial charge in [0.15, 0.2) is 0 Å². The highest BCUT2D eigenvalue weighted by molar-refractivity contribution is 5.69. The fourth-order valence-electron chi connectivity index (χ4n) is 0.560. The highest BCUT2D eigenvalue weighted by Gasteiger charge is 2.07. The average molecular weight is 160 g/mol. The number of esters is 1. The molecule has 11 heavy (non-hydrogen) atoms. The summed E-state index contributed by atoms with van der Waals surface area (Å²) < 4.78 is 4.82. The van der Waals surface area contributed by atoms with E-state index in [1.807, 2.05) is 13.8 Å². The molecule has 0 fully saturated rings. The molecular weight excluding hydrogens is 144 g/mol. The Kier molecular flexibility index (Phi) is 4.86. The predicted molar refractivity (Wildman–Crippen MR) is 42.1 cm³/mol. The predicted octanol–water partition coefficient (Wildman–Crippen LogP) is 0.956. The standard InChI is InChI=1S/C8H16O3/c1-6(2)5-11-8(10)4-7(3)9/h6-7,9H,4-5H2,1-3H3/t7-/m1/s1. The minimum absolute atomic E-state index is 0.0900. The number of rotatable bonds is 4. The molecule has 66 valence electrons. The zero-order chi connectivity index (χ0) is 8.85. The first-order chi connectivity index (χ1) is 5.02. The van der Waals surface area contributed by atoms with E-state index in [1.54, 1.807) is 6.92 Å². The molecule has 0 aliphatic heterocycles. The third-order valence-electron chi connectivity index (χ3n) is 1.04. The van der Waals surface area contributed by atoms with E-state index in [0.717, 1.165) is 0 Å². The van der Waals surface area contributed by atoms with E-state index in [0.29, 0.717) is 12.5 Å². The van der Waals surface area contributed by atoms with Crippen molar-refractivity contribution < 1.29 is 14.6 Å². The van der Waals surface area contributed by atoms with Crippen LogP contribution in [0.25, 0.3) is 0 Å². The van der Waals surface area contributed by atoms with Gasteiger partial charge in [0.25, 0.3) is 0 Å². The minimum Gasteiger partial charge on any atom is -0.465 e. The summed E-state index contributed by atoms with van der Waals surface area (Å²) in [5, 5.41) is 8.79. The molecule has 1 N–H and O–H groups in total. The Morgan fingerprint density at radius 2 is 2.00 bits per heavy atom. The van der Waals surface area contributed by atoms with Gasteiger partial charge in [0.05, 0.1) is 19.1 Å². The van der Waals surface area contributed by atoms with Crippen LogP contribution in [0, 0.1) is 5.92 Å². The van der Waals surface area contributed by atoms with E-state index in [9.17, 15) is 4.79 Å². The maximum absolute atomic E-state index is 10.8. The van der Waals surface area contributed by atoms with E-state index in [2.05, 4.69) is 0 Å². The molecule has 0 spiro atoms. The molecule has 0 saturated heterocycles. The summed E-state index contributed by atoms with van der Waals surface area (Å²) in [4.78, 5) is 10.8. The van der Waals surface area contributed by atoms with Crippen molar-refractivity contribution in [2.24, 2.45) is 5.92 Å². The third-order valence-corrected chi connectivity index (χ3v) is 1.04. The van der Waals surface area contributed by atoms with E-state index >= 15 is 0 Å². The maximum Gasteiger partial charge on any atom is 0.308 e. The Morgan fingerprint density at radius 1 is 1.45 bits per heavy atom. The minimum atomic E-state index is -0.602. The quantitative estimate of drug-likeness (QED) is 0.623. The summed E-state index contributed by atoms with van der Waals surface area (Å²) in [5.41, 5.74) is 0. The summed E-state index contributed by atoms with van der Waals surface area (Å²) in [6.45, 7) is 5.94. The zero-order valence-corrected chi connectivity index (χ0v) is 7.33. The summed E-state index contributed by atoms with van der Waals surface area (Å²) in [7, 11) is 0. The lowest BCUT2D eigenvalue weighted by Gasteiger charge is -2.07. The fraction of sp³-hybridized carbons (Fsp3) is 0.875. The van der Waals surface area contributed by atoms with Gasteiger partial charge in [0, 0.05) is 0 Å². The summed E-state index contributed by atoms with van der Waals surface area (Å²) in [6.07, 6.45) is -0.512. The molecule has 0 aromatic rings. The van der Waals surface area contributed by atoms with Crippen molar-refractivity contribution in [2.75, 3.05) is 6.61 Å². The van der Waals surface area contributed by atoms with Crippen LogP contribution in [0.2, 0.25) is 0 Å². The van der Waals surface area contributed by atoms with Gasteiger partial charge in [-0.15, -0.1) is 0 Å². The van der Waals surface area contributed by atoms with Crippen LogP contribution >= 0.6 is 0 Å². The Balaban J connectivity index is 3.38. The average Bonchev–Trinajstić information content (AvgIpc) is 1.82. The maximum atomic E-state index is 10.8. The Labute approximate surface area is 67.4 Å². The molecule has 1 atom stereocenters. The van der Waals surface area contributed by atoms with Gasteiger partial charge in [-0.1, -0.05) is 13.8 Å². The van der Waals surface area contributed by atoms with Crippen LogP contribution < -0.4 is 0 Å². The third kappa shape index (κ3) is 7.33. The van der Waals surface area contributed by atoms with E-state index in [4.69, 9.17) is 9.84 Å². The SMILES string of the molecule is CC(C)COC(=O)C[C@@H](C)O. The van der Waals surface area contributed by atoms with E-state index in [1.165, 1.54) is 0 Å². The Morgan fingerprint density at radius 3 is 2.36 bits per heavy atom. The molecule has 0 aromatic carbocycles. The zero-order valence-electron chi connectivity index (χ0n) is 7.33. The van der Waals surface area contributed by atoms with Gasteiger partial charge in [-0.25, -0.2) is 0 Å². The smallest absolute Gasteiger partial charge is 0.308 e. The molecule has 0 bridgehead atoms. The molecule has 0 rings (SSSR count). The second-order valence-corrected chi connectivity index (χ2v) is 3.13. The monoisotopic (exact) mass is 160 g/mol. The largest absolute Gasteiger partial charge is 0.465 e. The molecule has 0 saturated carbocycles. The molecule has 0 amide bonds. The molecule has 0 aromatic heterocycles. The van der Waals surface area contributed by atoms with Gasteiger partial charge in [-0.3, -0.25) is 4.79 Å². The van der Waals surface area contributed by atoms with Crippen LogP contribution in [0.1, 0.15) is 27.2 Å². The molecule has 0 aliphatic rings. The highest BCUT2D eigenvalue weighted by atomic mass is 16.5. The van der Waals surface area contributed by atoms with Gasteiger partial charge in [-0.05, 0) is 12.8 Å². The molecule has 0 radical (unpaired) electrons. The van der Waals surface area contributed by atoms with Gasteiger partial charge < -0.3 is 9.84 Å². The summed E-state index contributed by atoms with van der Waals surface area (Å²) >= 11 is 0. The van der Waals surface area contributed by atoms with Crippen molar-refractivity contribution in [1.82, 2.24) is 0 Å². The molecule has 0 heterocycles. The van der Waals surface area contributed by atoms with E-state index in [-0.39, 0.29) is 12.4 Å². The van der Waals surface area contributed by atoms with Gasteiger partial charge in [-0.2, -0.15) is 0 Å². The first-order valence-corrected chi connectivity index (χ1v) is 3.86. The lowest BCUT2D eigenvalue weighted by molar-refractivity contribution is -0.146. The van der Waals surface area contributed by atoms with Crippen LogP contribution in [0.15, 0.2) is 0 Å². The summed E-state index contributed by atoms with van der Waals surface area (Å²) in [5.74, 6) is 0.0293. The van der Waals surface area contributed by atoms with Crippen LogP contribution in [0.3, 0.4) is 0 Å². The van der Waals surface area contributed by atoms with Crippen LogP contribution in [0.4, 0.5) is 0 Å². The lowest BCUT2D eigenvalue weighted by Crippen LogP contribution is -2.15. The number of carbonyl (C=O) groups excluding carboxylic acids is 1. The van der Waals surface area contributed by atoms with Crippen molar-refractivity contribution in [3.63, 3.8) is 0 Å². The number of aliphatic hydroxyl groups excluding tert-OH is 1. The molecule has 0 unspecified atom stereocenters.